The number of amides is 2. The summed E-state index contributed by atoms with van der Waals surface area (Å²) in [5.41, 5.74) is 1.35. The first kappa shape index (κ1) is 18.4. The quantitative estimate of drug-likeness (QED) is 0.666. The van der Waals surface area contributed by atoms with E-state index in [1.165, 1.54) is 12.1 Å². The van der Waals surface area contributed by atoms with E-state index in [2.05, 4.69) is 15.6 Å². The number of imidazole rings is 1. The van der Waals surface area contributed by atoms with Crippen LogP contribution in [-0.2, 0) is 13.2 Å². The van der Waals surface area contributed by atoms with Gasteiger partial charge in [-0.25, -0.2) is 14.2 Å². The van der Waals surface area contributed by atoms with Gasteiger partial charge in [0.1, 0.15) is 18.2 Å². The lowest BCUT2D eigenvalue weighted by Crippen LogP contribution is -2.38. The molecule has 3 aromatic rings. The van der Waals surface area contributed by atoms with Crippen LogP contribution in [0.4, 0.5) is 14.9 Å². The highest BCUT2D eigenvalue weighted by molar-refractivity contribution is 5.89. The minimum Gasteiger partial charge on any atom is -0.489 e. The van der Waals surface area contributed by atoms with Crippen molar-refractivity contribution in [2.75, 3.05) is 5.32 Å². The molecule has 0 saturated carbocycles. The Morgan fingerprint density at radius 2 is 2.11 bits per heavy atom. The average molecular weight is 368 g/mol. The van der Waals surface area contributed by atoms with Gasteiger partial charge in [0.15, 0.2) is 0 Å². The van der Waals surface area contributed by atoms with Crippen LogP contribution in [0, 0.1) is 5.82 Å². The third kappa shape index (κ3) is 5.85. The molecule has 0 fully saturated rings. The monoisotopic (exact) mass is 368 g/mol. The topological polar surface area (TPSA) is 68.2 Å². The molecule has 2 amide bonds. The zero-order valence-corrected chi connectivity index (χ0v) is 14.9. The molecule has 1 heterocycles. The number of nitrogens with zero attached hydrogens (tertiary/aromatic N) is 2. The van der Waals surface area contributed by atoms with Crippen LogP contribution in [0.25, 0.3) is 0 Å². The standard InChI is InChI=1S/C20H21FN4O2/c1-15(12-25-9-8-22-14-25)23-20(26)24-18-6-3-7-19(11-18)27-13-16-4-2-5-17(21)10-16/h2-11,14-15H,12-13H2,1H3,(H2,23,24,26). The number of hydrogen-bond donors (Lipinski definition) is 2. The lowest BCUT2D eigenvalue weighted by Gasteiger charge is -2.15. The minimum absolute atomic E-state index is 0.0633. The van der Waals surface area contributed by atoms with Crippen molar-refractivity contribution < 1.29 is 13.9 Å². The van der Waals surface area contributed by atoms with E-state index in [1.54, 1.807) is 48.9 Å². The van der Waals surface area contributed by atoms with Gasteiger partial charge in [0.2, 0.25) is 0 Å². The maximum Gasteiger partial charge on any atom is 0.319 e. The van der Waals surface area contributed by atoms with Crippen molar-refractivity contribution in [3.05, 3.63) is 78.6 Å². The van der Waals surface area contributed by atoms with Gasteiger partial charge in [-0.05, 0) is 36.8 Å². The molecule has 2 N–H and O–H groups in total. The Balaban J connectivity index is 1.51. The molecule has 1 unspecified atom stereocenters. The summed E-state index contributed by atoms with van der Waals surface area (Å²) in [6, 6.07) is 12.9. The summed E-state index contributed by atoms with van der Waals surface area (Å²) >= 11 is 0. The number of carbonyl (C=O) groups excluding carboxylic acids is 1. The van der Waals surface area contributed by atoms with Gasteiger partial charge in [-0.1, -0.05) is 18.2 Å². The van der Waals surface area contributed by atoms with E-state index < -0.39 is 0 Å². The van der Waals surface area contributed by atoms with E-state index >= 15 is 0 Å². The van der Waals surface area contributed by atoms with Gasteiger partial charge in [-0.15, -0.1) is 0 Å². The summed E-state index contributed by atoms with van der Waals surface area (Å²) in [5, 5.41) is 5.65. The van der Waals surface area contributed by atoms with Gasteiger partial charge >= 0.3 is 6.03 Å². The van der Waals surface area contributed by atoms with E-state index in [1.807, 2.05) is 17.7 Å². The van der Waals surface area contributed by atoms with Crippen molar-refractivity contribution in [3.63, 3.8) is 0 Å². The third-order valence-corrected chi connectivity index (χ3v) is 3.81. The summed E-state index contributed by atoms with van der Waals surface area (Å²) in [6.07, 6.45) is 5.24. The SMILES string of the molecule is CC(Cn1ccnc1)NC(=O)Nc1cccc(OCc2cccc(F)c2)c1. The smallest absolute Gasteiger partial charge is 0.319 e. The van der Waals surface area contributed by atoms with E-state index in [-0.39, 0.29) is 24.5 Å². The number of carbonyl (C=O) groups is 1. The molecule has 7 heteroatoms. The fourth-order valence-corrected chi connectivity index (χ4v) is 2.60. The molecule has 0 aliphatic heterocycles. The van der Waals surface area contributed by atoms with Crippen LogP contribution in [0.5, 0.6) is 5.75 Å². The van der Waals surface area contributed by atoms with Gasteiger partial charge in [0, 0.05) is 36.7 Å². The van der Waals surface area contributed by atoms with Crippen molar-refractivity contribution in [1.82, 2.24) is 14.9 Å². The van der Waals surface area contributed by atoms with Gasteiger partial charge < -0.3 is 19.9 Å². The highest BCUT2D eigenvalue weighted by atomic mass is 19.1. The van der Waals surface area contributed by atoms with Crippen LogP contribution in [-0.4, -0.2) is 21.6 Å². The Labute approximate surface area is 157 Å². The summed E-state index contributed by atoms with van der Waals surface area (Å²) in [5.74, 6) is 0.288. The molecule has 1 aromatic heterocycles. The largest absolute Gasteiger partial charge is 0.489 e. The molecule has 6 nitrogen and oxygen atoms in total. The number of nitrogens with one attached hydrogen (secondary N) is 2. The Kier molecular flexibility index (Phi) is 6.04. The number of benzene rings is 2. The maximum atomic E-state index is 13.2. The van der Waals surface area contributed by atoms with Gasteiger partial charge in [-0.3, -0.25) is 0 Å². The van der Waals surface area contributed by atoms with Gasteiger partial charge in [-0.2, -0.15) is 0 Å². The van der Waals surface area contributed by atoms with E-state index in [0.717, 1.165) is 5.56 Å². The number of hydrogen-bond acceptors (Lipinski definition) is 3. The first-order valence-electron chi connectivity index (χ1n) is 8.59. The first-order chi connectivity index (χ1) is 13.1. The highest BCUT2D eigenvalue weighted by Crippen LogP contribution is 2.19. The van der Waals surface area contributed by atoms with Gasteiger partial charge in [0.25, 0.3) is 0 Å². The number of anilines is 1. The molecule has 2 aromatic carbocycles. The molecule has 1 atom stereocenters. The highest BCUT2D eigenvalue weighted by Gasteiger charge is 2.08. The van der Waals surface area contributed by atoms with Crippen LogP contribution >= 0.6 is 0 Å². The van der Waals surface area contributed by atoms with Gasteiger partial charge in [0.05, 0.1) is 6.33 Å². The van der Waals surface area contributed by atoms with E-state index in [9.17, 15) is 9.18 Å². The Morgan fingerprint density at radius 1 is 1.26 bits per heavy atom. The summed E-state index contributed by atoms with van der Waals surface area (Å²) < 4.78 is 20.8. The van der Waals surface area contributed by atoms with E-state index in [0.29, 0.717) is 18.0 Å². The Bertz CT molecular complexity index is 883. The maximum absolute atomic E-state index is 13.2. The lowest BCUT2D eigenvalue weighted by atomic mass is 10.2. The molecule has 0 aliphatic rings. The molecule has 140 valence electrons. The van der Waals surface area contributed by atoms with E-state index in [4.69, 9.17) is 4.74 Å². The predicted molar refractivity (Wildman–Crippen MR) is 101 cm³/mol. The third-order valence-electron chi connectivity index (χ3n) is 3.81. The molecular weight excluding hydrogens is 347 g/mol. The van der Waals surface area contributed by atoms with Crippen molar-refractivity contribution in [2.45, 2.75) is 26.1 Å². The van der Waals surface area contributed by atoms with Crippen LogP contribution in [0.1, 0.15) is 12.5 Å². The van der Waals surface area contributed by atoms with Crippen molar-refractivity contribution in [3.8, 4) is 5.75 Å². The second-order valence-electron chi connectivity index (χ2n) is 6.21. The first-order valence-corrected chi connectivity index (χ1v) is 8.59. The normalized spacial score (nSPS) is 11.6. The number of aromatic nitrogens is 2. The molecule has 0 aliphatic carbocycles. The van der Waals surface area contributed by atoms with Crippen molar-refractivity contribution in [1.29, 1.82) is 0 Å². The van der Waals surface area contributed by atoms with Crippen LogP contribution < -0.4 is 15.4 Å². The molecular formula is C20H21FN4O2. The Hall–Kier alpha value is -3.35. The molecule has 0 radical (unpaired) electrons. The van der Waals surface area contributed by atoms with Crippen LogP contribution in [0.3, 0.4) is 0 Å². The second-order valence-corrected chi connectivity index (χ2v) is 6.21. The summed E-state index contributed by atoms with van der Waals surface area (Å²) in [6.45, 7) is 2.79. The molecule has 0 bridgehead atoms. The number of rotatable bonds is 7. The van der Waals surface area contributed by atoms with Crippen LogP contribution in [0.15, 0.2) is 67.3 Å². The molecule has 0 saturated heterocycles. The fraction of sp³-hybridized carbons (Fsp3) is 0.200. The lowest BCUT2D eigenvalue weighted by molar-refractivity contribution is 0.248. The second kappa shape index (κ2) is 8.84. The minimum atomic E-state index is -0.301. The Morgan fingerprint density at radius 3 is 2.89 bits per heavy atom. The summed E-state index contributed by atoms with van der Waals surface area (Å²) in [4.78, 5) is 16.1. The number of halogens is 1. The number of urea groups is 1. The predicted octanol–water partition coefficient (Wildman–Crippen LogP) is 3.81. The zero-order valence-electron chi connectivity index (χ0n) is 14.9. The zero-order chi connectivity index (χ0) is 19.1. The summed E-state index contributed by atoms with van der Waals surface area (Å²) in [7, 11) is 0. The number of ether oxygens (including phenoxy) is 1. The van der Waals surface area contributed by atoms with Crippen LogP contribution in [0.2, 0.25) is 0 Å². The average Bonchev–Trinajstić information content (AvgIpc) is 3.13. The molecule has 0 spiro atoms. The molecule has 3 rings (SSSR count). The van der Waals surface area contributed by atoms with Crippen molar-refractivity contribution in [2.24, 2.45) is 0 Å². The fourth-order valence-electron chi connectivity index (χ4n) is 2.60. The molecule has 27 heavy (non-hydrogen) atoms. The van der Waals surface area contributed by atoms with Crippen molar-refractivity contribution >= 4 is 11.7 Å².